The van der Waals surface area contributed by atoms with Gasteiger partial charge in [0.15, 0.2) is 0 Å². The molecule has 0 fully saturated rings. The molecule has 0 radical (unpaired) electrons. The number of methoxy groups -OCH3 is 1. The molecular formula is C14H10N2O2. The highest BCUT2D eigenvalue weighted by molar-refractivity contribution is 5.89. The summed E-state index contributed by atoms with van der Waals surface area (Å²) in [4.78, 5) is 15.3. The second kappa shape index (κ2) is 5.11. The number of rotatable bonds is 2. The van der Waals surface area contributed by atoms with Gasteiger partial charge in [-0.1, -0.05) is 12.1 Å². The molecule has 0 N–H and O–H groups in total. The molecule has 2 rings (SSSR count). The SMILES string of the molecule is COC(=O)c1ccc(-c2ccc(C#N)nc2)cc1. The lowest BCUT2D eigenvalue weighted by molar-refractivity contribution is 0.0601. The highest BCUT2D eigenvalue weighted by Crippen LogP contribution is 2.19. The largest absolute Gasteiger partial charge is 0.465 e. The molecule has 0 saturated carbocycles. The molecule has 4 heteroatoms. The Balaban J connectivity index is 2.29. The van der Waals surface area contributed by atoms with Gasteiger partial charge in [0.05, 0.1) is 12.7 Å². The first-order chi connectivity index (χ1) is 8.74. The molecule has 0 unspecified atom stereocenters. The zero-order valence-electron chi connectivity index (χ0n) is 9.75. The van der Waals surface area contributed by atoms with E-state index in [1.54, 1.807) is 24.4 Å². The average molecular weight is 238 g/mol. The topological polar surface area (TPSA) is 63.0 Å². The highest BCUT2D eigenvalue weighted by atomic mass is 16.5. The summed E-state index contributed by atoms with van der Waals surface area (Å²) in [5.41, 5.74) is 2.71. The van der Waals surface area contributed by atoms with Crippen LogP contribution in [0.5, 0.6) is 0 Å². The van der Waals surface area contributed by atoms with Crippen molar-refractivity contribution in [3.05, 3.63) is 53.9 Å². The van der Waals surface area contributed by atoms with Crippen molar-refractivity contribution in [1.82, 2.24) is 4.98 Å². The molecule has 1 aromatic heterocycles. The van der Waals surface area contributed by atoms with Gasteiger partial charge >= 0.3 is 5.97 Å². The van der Waals surface area contributed by atoms with E-state index in [1.165, 1.54) is 7.11 Å². The van der Waals surface area contributed by atoms with Crippen molar-refractivity contribution < 1.29 is 9.53 Å². The van der Waals surface area contributed by atoms with Gasteiger partial charge in [-0.3, -0.25) is 0 Å². The summed E-state index contributed by atoms with van der Waals surface area (Å²) < 4.78 is 4.62. The van der Waals surface area contributed by atoms with E-state index in [0.717, 1.165) is 11.1 Å². The van der Waals surface area contributed by atoms with E-state index in [1.807, 2.05) is 24.3 Å². The molecule has 1 aromatic carbocycles. The van der Waals surface area contributed by atoms with Crippen LogP contribution >= 0.6 is 0 Å². The molecule has 2 aromatic rings. The Morgan fingerprint density at radius 2 is 1.83 bits per heavy atom. The maximum Gasteiger partial charge on any atom is 0.337 e. The molecule has 0 aliphatic carbocycles. The van der Waals surface area contributed by atoms with Gasteiger partial charge in [0.2, 0.25) is 0 Å². The molecule has 18 heavy (non-hydrogen) atoms. The lowest BCUT2D eigenvalue weighted by Gasteiger charge is -2.03. The van der Waals surface area contributed by atoms with E-state index in [4.69, 9.17) is 5.26 Å². The van der Waals surface area contributed by atoms with Gasteiger partial charge in [0.1, 0.15) is 11.8 Å². The third kappa shape index (κ3) is 2.36. The van der Waals surface area contributed by atoms with E-state index in [0.29, 0.717) is 11.3 Å². The minimum Gasteiger partial charge on any atom is -0.465 e. The first kappa shape index (κ1) is 11.8. The number of carbonyl (C=O) groups is 1. The van der Waals surface area contributed by atoms with Crippen LogP contribution in [0.15, 0.2) is 42.6 Å². The van der Waals surface area contributed by atoms with Crippen molar-refractivity contribution in [2.24, 2.45) is 0 Å². The van der Waals surface area contributed by atoms with Crippen LogP contribution < -0.4 is 0 Å². The number of benzene rings is 1. The quantitative estimate of drug-likeness (QED) is 0.753. The molecule has 0 saturated heterocycles. The Labute approximate surface area is 104 Å². The molecule has 1 heterocycles. The maximum absolute atomic E-state index is 11.3. The highest BCUT2D eigenvalue weighted by Gasteiger charge is 2.05. The van der Waals surface area contributed by atoms with Crippen molar-refractivity contribution in [2.45, 2.75) is 0 Å². The molecule has 0 amide bonds. The van der Waals surface area contributed by atoms with E-state index in [2.05, 4.69) is 9.72 Å². The summed E-state index contributed by atoms with van der Waals surface area (Å²) >= 11 is 0. The van der Waals surface area contributed by atoms with Gasteiger partial charge < -0.3 is 4.74 Å². The van der Waals surface area contributed by atoms with E-state index in [-0.39, 0.29) is 5.97 Å². The Morgan fingerprint density at radius 3 is 2.33 bits per heavy atom. The number of ether oxygens (including phenoxy) is 1. The first-order valence-electron chi connectivity index (χ1n) is 5.29. The molecule has 0 bridgehead atoms. The van der Waals surface area contributed by atoms with Gasteiger partial charge in [-0.25, -0.2) is 9.78 Å². The monoisotopic (exact) mass is 238 g/mol. The molecule has 0 atom stereocenters. The van der Waals surface area contributed by atoms with Crippen LogP contribution in [-0.2, 0) is 4.74 Å². The smallest absolute Gasteiger partial charge is 0.337 e. The van der Waals surface area contributed by atoms with E-state index >= 15 is 0 Å². The van der Waals surface area contributed by atoms with Crippen molar-refractivity contribution >= 4 is 5.97 Å². The molecular weight excluding hydrogens is 228 g/mol. The summed E-state index contributed by atoms with van der Waals surface area (Å²) in [6.45, 7) is 0. The lowest BCUT2D eigenvalue weighted by atomic mass is 10.1. The van der Waals surface area contributed by atoms with Gasteiger partial charge in [0.25, 0.3) is 0 Å². The van der Waals surface area contributed by atoms with Crippen molar-refractivity contribution in [2.75, 3.05) is 7.11 Å². The summed E-state index contributed by atoms with van der Waals surface area (Å²) in [5, 5.41) is 8.66. The van der Waals surface area contributed by atoms with Gasteiger partial charge in [0, 0.05) is 11.8 Å². The molecule has 0 aliphatic heterocycles. The fourth-order valence-corrected chi connectivity index (χ4v) is 1.55. The van der Waals surface area contributed by atoms with Gasteiger partial charge in [-0.05, 0) is 29.8 Å². The van der Waals surface area contributed by atoms with E-state index in [9.17, 15) is 4.79 Å². The van der Waals surface area contributed by atoms with Crippen LogP contribution in [0.4, 0.5) is 0 Å². The number of carbonyl (C=O) groups excluding carboxylic acids is 1. The minimum atomic E-state index is -0.362. The van der Waals surface area contributed by atoms with Crippen LogP contribution in [0.3, 0.4) is 0 Å². The number of hydrogen-bond donors (Lipinski definition) is 0. The third-order valence-electron chi connectivity index (χ3n) is 2.52. The van der Waals surface area contributed by atoms with Gasteiger partial charge in [-0.2, -0.15) is 5.26 Å². The second-order valence-electron chi connectivity index (χ2n) is 3.61. The maximum atomic E-state index is 11.3. The summed E-state index contributed by atoms with van der Waals surface area (Å²) in [6, 6.07) is 12.5. The van der Waals surface area contributed by atoms with Crippen LogP contribution in [0.1, 0.15) is 16.1 Å². The fraction of sp³-hybridized carbons (Fsp3) is 0.0714. The van der Waals surface area contributed by atoms with Crippen LogP contribution in [0, 0.1) is 11.3 Å². The zero-order chi connectivity index (χ0) is 13.0. The molecule has 88 valence electrons. The van der Waals surface area contributed by atoms with Crippen LogP contribution in [-0.4, -0.2) is 18.1 Å². The summed E-state index contributed by atoms with van der Waals surface area (Å²) in [5.74, 6) is -0.362. The first-order valence-corrected chi connectivity index (χ1v) is 5.29. The number of pyridine rings is 1. The van der Waals surface area contributed by atoms with Crippen molar-refractivity contribution in [3.8, 4) is 17.2 Å². The predicted molar refractivity (Wildman–Crippen MR) is 65.7 cm³/mol. The standard InChI is InChI=1S/C14H10N2O2/c1-18-14(17)11-4-2-10(3-5-11)12-6-7-13(8-15)16-9-12/h2-7,9H,1H3. The Kier molecular flexibility index (Phi) is 3.35. The summed E-state index contributed by atoms with van der Waals surface area (Å²) in [6.07, 6.45) is 1.63. The van der Waals surface area contributed by atoms with Crippen LogP contribution in [0.2, 0.25) is 0 Å². The lowest BCUT2D eigenvalue weighted by Crippen LogP contribution is -2.00. The second-order valence-corrected chi connectivity index (χ2v) is 3.61. The summed E-state index contributed by atoms with van der Waals surface area (Å²) in [7, 11) is 1.35. The van der Waals surface area contributed by atoms with Crippen LogP contribution in [0.25, 0.3) is 11.1 Å². The number of nitriles is 1. The number of hydrogen-bond acceptors (Lipinski definition) is 4. The fourth-order valence-electron chi connectivity index (χ4n) is 1.55. The molecule has 0 aliphatic rings. The number of aromatic nitrogens is 1. The number of nitrogens with zero attached hydrogens (tertiary/aromatic N) is 2. The minimum absolute atomic E-state index is 0.362. The van der Waals surface area contributed by atoms with E-state index < -0.39 is 0 Å². The molecule has 0 spiro atoms. The number of esters is 1. The predicted octanol–water partition coefficient (Wildman–Crippen LogP) is 2.41. The van der Waals surface area contributed by atoms with Gasteiger partial charge in [-0.15, -0.1) is 0 Å². The Bertz CT molecular complexity index is 595. The Morgan fingerprint density at radius 1 is 1.17 bits per heavy atom. The third-order valence-corrected chi connectivity index (χ3v) is 2.52. The van der Waals surface area contributed by atoms with Crippen molar-refractivity contribution in [1.29, 1.82) is 5.26 Å². The zero-order valence-corrected chi connectivity index (χ0v) is 9.75. The molecule has 4 nitrogen and oxygen atoms in total. The average Bonchev–Trinajstić information content (AvgIpc) is 2.47. The normalized spacial score (nSPS) is 9.56. The Hall–Kier alpha value is -2.67. The van der Waals surface area contributed by atoms with Crippen molar-refractivity contribution in [3.63, 3.8) is 0 Å².